The molecule has 0 bridgehead atoms. The minimum Gasteiger partial charge on any atom is -0.485 e. The largest absolute Gasteiger partial charge is 0.485 e. The van der Waals surface area contributed by atoms with Gasteiger partial charge in [-0.25, -0.2) is 4.98 Å². The highest BCUT2D eigenvalue weighted by atomic mass is 16.5. The number of hydrogen-bond donors (Lipinski definition) is 2. The third-order valence-electron chi connectivity index (χ3n) is 7.92. The lowest BCUT2D eigenvalue weighted by Gasteiger charge is -2.34. The number of ether oxygens (including phenoxy) is 2. The topological polar surface area (TPSA) is 92.1 Å². The lowest BCUT2D eigenvalue weighted by atomic mass is 9.89. The van der Waals surface area contributed by atoms with Crippen LogP contribution in [0.4, 0.5) is 0 Å². The van der Waals surface area contributed by atoms with E-state index in [1.54, 1.807) is 25.4 Å². The number of aliphatic carboxylic acids is 1. The molecule has 2 aromatic carbocycles. The maximum absolute atomic E-state index is 11.4. The zero-order valence-corrected chi connectivity index (χ0v) is 23.7. The van der Waals surface area contributed by atoms with Gasteiger partial charge >= 0.3 is 5.97 Å². The first-order chi connectivity index (χ1) is 18.6. The molecule has 0 fully saturated rings. The number of benzene rings is 2. The summed E-state index contributed by atoms with van der Waals surface area (Å²) >= 11 is 0. The molecule has 208 valence electrons. The Bertz CT molecular complexity index is 1310. The van der Waals surface area contributed by atoms with Crippen molar-refractivity contribution in [3.63, 3.8) is 0 Å². The van der Waals surface area contributed by atoms with Crippen LogP contribution in [-0.2, 0) is 11.2 Å². The quantitative estimate of drug-likeness (QED) is 0.313. The van der Waals surface area contributed by atoms with Crippen molar-refractivity contribution in [1.82, 2.24) is 9.88 Å². The van der Waals surface area contributed by atoms with E-state index in [1.165, 1.54) is 12.5 Å². The Morgan fingerprint density at radius 1 is 1.13 bits per heavy atom. The van der Waals surface area contributed by atoms with Crippen molar-refractivity contribution < 1.29 is 24.5 Å². The Hall–Kier alpha value is -3.42. The standard InChI is InChI=1S/C32H40N2O5/c1-7-34(19(2)3)21(5)27-16-24(10-12-26(27)23-14-15-33-30(18-23)38-6)28-13-11-22-8-9-25(17-29(22)39-28)31(35)20(4)32(36)37/h8-10,12,14-21,28,31,35H,7,11,13H2,1-6H3,(H,36,37)/t20-,21?,28?,31+/m0/s1. The van der Waals surface area contributed by atoms with Crippen LogP contribution in [0.15, 0.2) is 54.7 Å². The van der Waals surface area contributed by atoms with Gasteiger partial charge in [-0.1, -0.05) is 31.2 Å². The van der Waals surface area contributed by atoms with Crippen LogP contribution in [0.3, 0.4) is 0 Å². The summed E-state index contributed by atoms with van der Waals surface area (Å²) in [7, 11) is 1.63. The smallest absolute Gasteiger partial charge is 0.309 e. The summed E-state index contributed by atoms with van der Waals surface area (Å²) in [6, 6.07) is 16.6. The Labute approximate surface area is 231 Å². The zero-order valence-electron chi connectivity index (χ0n) is 23.7. The van der Waals surface area contributed by atoms with E-state index < -0.39 is 18.0 Å². The fraction of sp³-hybridized carbons (Fsp3) is 0.438. The molecule has 0 aliphatic carbocycles. The second-order valence-electron chi connectivity index (χ2n) is 10.6. The molecule has 7 nitrogen and oxygen atoms in total. The number of aryl methyl sites for hydroxylation is 1. The summed E-state index contributed by atoms with van der Waals surface area (Å²) < 4.78 is 11.9. The highest BCUT2D eigenvalue weighted by molar-refractivity contribution is 5.71. The van der Waals surface area contributed by atoms with Gasteiger partial charge in [-0.15, -0.1) is 0 Å². The maximum atomic E-state index is 11.4. The van der Waals surface area contributed by atoms with Crippen LogP contribution >= 0.6 is 0 Å². The van der Waals surface area contributed by atoms with Gasteiger partial charge in [0, 0.05) is 24.3 Å². The fourth-order valence-electron chi connectivity index (χ4n) is 5.57. The number of aliphatic hydroxyl groups excluding tert-OH is 1. The summed E-state index contributed by atoms with van der Waals surface area (Å²) in [4.78, 5) is 18.2. The molecular weight excluding hydrogens is 492 g/mol. The van der Waals surface area contributed by atoms with Crippen molar-refractivity contribution in [2.45, 2.75) is 71.8 Å². The van der Waals surface area contributed by atoms with Crippen LogP contribution in [0.2, 0.25) is 0 Å². The van der Waals surface area contributed by atoms with Crippen LogP contribution in [0.25, 0.3) is 11.1 Å². The third kappa shape index (κ3) is 6.10. The second-order valence-corrected chi connectivity index (χ2v) is 10.6. The molecule has 4 rings (SSSR count). The van der Waals surface area contributed by atoms with Gasteiger partial charge < -0.3 is 19.7 Å². The molecule has 2 N–H and O–H groups in total. The Balaban J connectivity index is 1.71. The molecule has 3 aromatic rings. The number of hydrogen-bond acceptors (Lipinski definition) is 6. The number of nitrogens with zero attached hydrogens (tertiary/aromatic N) is 2. The zero-order chi connectivity index (χ0) is 28.3. The second kappa shape index (κ2) is 12.2. The molecule has 0 spiro atoms. The first-order valence-corrected chi connectivity index (χ1v) is 13.7. The fourth-order valence-corrected chi connectivity index (χ4v) is 5.57. The van der Waals surface area contributed by atoms with E-state index in [0.717, 1.165) is 41.6 Å². The number of methoxy groups -OCH3 is 1. The van der Waals surface area contributed by atoms with Gasteiger partial charge in [-0.05, 0) is 98.7 Å². The Morgan fingerprint density at radius 2 is 1.90 bits per heavy atom. The minimum absolute atomic E-state index is 0.150. The van der Waals surface area contributed by atoms with E-state index in [2.05, 4.69) is 55.8 Å². The van der Waals surface area contributed by atoms with Gasteiger partial charge in [0.05, 0.1) is 19.1 Å². The predicted octanol–water partition coefficient (Wildman–Crippen LogP) is 6.37. The SMILES string of the molecule is CCN(C(C)C)C(C)c1cc(C2CCc3ccc([C@H](O)[C@H](C)C(=O)O)cc3O2)ccc1-c1ccnc(OC)c1. The van der Waals surface area contributed by atoms with Crippen molar-refractivity contribution in [3.8, 4) is 22.8 Å². The number of carbonyl (C=O) groups is 1. The molecule has 1 aliphatic rings. The van der Waals surface area contributed by atoms with E-state index in [9.17, 15) is 15.0 Å². The van der Waals surface area contributed by atoms with Crippen LogP contribution < -0.4 is 9.47 Å². The van der Waals surface area contributed by atoms with Crippen LogP contribution in [0.5, 0.6) is 11.6 Å². The average molecular weight is 533 g/mol. The van der Waals surface area contributed by atoms with Gasteiger partial charge in [0.1, 0.15) is 11.9 Å². The average Bonchev–Trinajstić information content (AvgIpc) is 2.95. The number of carboxylic acid groups (broad SMARTS) is 1. The molecule has 0 radical (unpaired) electrons. The monoisotopic (exact) mass is 532 g/mol. The molecule has 4 atom stereocenters. The summed E-state index contributed by atoms with van der Waals surface area (Å²) in [6.07, 6.45) is 2.19. The van der Waals surface area contributed by atoms with E-state index in [-0.39, 0.29) is 12.1 Å². The predicted molar refractivity (Wildman–Crippen MR) is 152 cm³/mol. The molecular formula is C32H40N2O5. The molecule has 39 heavy (non-hydrogen) atoms. The van der Waals surface area contributed by atoms with Crippen LogP contribution in [-0.4, -0.2) is 45.8 Å². The summed E-state index contributed by atoms with van der Waals surface area (Å²) in [6.45, 7) is 11.3. The Morgan fingerprint density at radius 3 is 2.56 bits per heavy atom. The normalized spacial score (nSPS) is 17.3. The van der Waals surface area contributed by atoms with Gasteiger partial charge in [0.2, 0.25) is 5.88 Å². The number of pyridine rings is 1. The molecule has 7 heteroatoms. The molecule has 2 heterocycles. The summed E-state index contributed by atoms with van der Waals surface area (Å²) in [5, 5.41) is 19.9. The van der Waals surface area contributed by atoms with Crippen molar-refractivity contribution in [2.75, 3.05) is 13.7 Å². The molecule has 1 aliphatic heterocycles. The van der Waals surface area contributed by atoms with E-state index in [4.69, 9.17) is 9.47 Å². The van der Waals surface area contributed by atoms with Gasteiger partial charge in [0.25, 0.3) is 0 Å². The first-order valence-electron chi connectivity index (χ1n) is 13.7. The van der Waals surface area contributed by atoms with Gasteiger partial charge in [-0.3, -0.25) is 9.69 Å². The lowest BCUT2D eigenvalue weighted by molar-refractivity contribution is -0.145. The number of fused-ring (bicyclic) bond motifs is 1. The lowest BCUT2D eigenvalue weighted by Crippen LogP contribution is -2.33. The van der Waals surface area contributed by atoms with Crippen LogP contribution in [0, 0.1) is 5.92 Å². The summed E-state index contributed by atoms with van der Waals surface area (Å²) in [5.74, 6) is -0.660. The summed E-state index contributed by atoms with van der Waals surface area (Å²) in [5.41, 5.74) is 6.11. The molecule has 2 unspecified atom stereocenters. The molecule has 0 saturated heterocycles. The number of rotatable bonds is 10. The Kier molecular flexibility index (Phi) is 8.93. The van der Waals surface area contributed by atoms with E-state index in [1.807, 2.05) is 18.2 Å². The number of aromatic nitrogens is 1. The van der Waals surface area contributed by atoms with E-state index >= 15 is 0 Å². The minimum atomic E-state index is -1.10. The maximum Gasteiger partial charge on any atom is 0.309 e. The van der Waals surface area contributed by atoms with Crippen molar-refractivity contribution in [1.29, 1.82) is 0 Å². The molecule has 0 amide bonds. The first kappa shape index (κ1) is 28.6. The highest BCUT2D eigenvalue weighted by Gasteiger charge is 2.28. The molecule has 0 saturated carbocycles. The van der Waals surface area contributed by atoms with Gasteiger partial charge in [0.15, 0.2) is 0 Å². The van der Waals surface area contributed by atoms with Gasteiger partial charge in [-0.2, -0.15) is 0 Å². The highest BCUT2D eigenvalue weighted by Crippen LogP contribution is 2.40. The molecule has 1 aromatic heterocycles. The van der Waals surface area contributed by atoms with Crippen LogP contribution in [0.1, 0.15) is 81.5 Å². The van der Waals surface area contributed by atoms with Crippen molar-refractivity contribution in [3.05, 3.63) is 77.0 Å². The van der Waals surface area contributed by atoms with Crippen molar-refractivity contribution in [2.24, 2.45) is 5.92 Å². The number of aliphatic hydroxyl groups is 1. The number of carboxylic acids is 1. The third-order valence-corrected chi connectivity index (χ3v) is 7.92. The van der Waals surface area contributed by atoms with E-state index in [0.29, 0.717) is 23.2 Å². The van der Waals surface area contributed by atoms with Crippen molar-refractivity contribution >= 4 is 5.97 Å².